The van der Waals surface area contributed by atoms with Gasteiger partial charge in [0.15, 0.2) is 0 Å². The Balaban J connectivity index is 2.38. The number of hydrogen-bond acceptors (Lipinski definition) is 4. The van der Waals surface area contributed by atoms with Gasteiger partial charge >= 0.3 is 0 Å². The Bertz CT molecular complexity index is 443. The average molecular weight is 257 g/mol. The standard InChI is InChI=1S/C12H19NO3S/c1-3-16-12-7-4-6-11(10-12)13-8-5-9-17(2,14)15/h4,6-7,10,13H,3,5,8-9H2,1-2H3. The zero-order valence-electron chi connectivity index (χ0n) is 10.3. The van der Waals surface area contributed by atoms with Gasteiger partial charge in [-0.25, -0.2) is 8.42 Å². The van der Waals surface area contributed by atoms with Crippen molar-refractivity contribution in [3.8, 4) is 5.75 Å². The molecule has 4 nitrogen and oxygen atoms in total. The van der Waals surface area contributed by atoms with E-state index in [1.165, 1.54) is 6.26 Å². The molecule has 1 aromatic rings. The number of ether oxygens (including phenoxy) is 1. The summed E-state index contributed by atoms with van der Waals surface area (Å²) in [6, 6.07) is 7.64. The molecule has 0 radical (unpaired) electrons. The SMILES string of the molecule is CCOc1cccc(NCCCS(C)(=O)=O)c1. The molecule has 96 valence electrons. The summed E-state index contributed by atoms with van der Waals surface area (Å²) in [6.07, 6.45) is 1.86. The summed E-state index contributed by atoms with van der Waals surface area (Å²) >= 11 is 0. The van der Waals surface area contributed by atoms with Crippen LogP contribution in [0, 0.1) is 0 Å². The third-order valence-electron chi connectivity index (χ3n) is 2.17. The first-order chi connectivity index (χ1) is 8.01. The van der Waals surface area contributed by atoms with E-state index < -0.39 is 9.84 Å². The van der Waals surface area contributed by atoms with E-state index >= 15 is 0 Å². The maximum atomic E-state index is 10.9. The molecule has 5 heteroatoms. The van der Waals surface area contributed by atoms with Crippen LogP contribution < -0.4 is 10.1 Å². The van der Waals surface area contributed by atoms with Crippen LogP contribution in [0.3, 0.4) is 0 Å². The zero-order chi connectivity index (χ0) is 12.7. The van der Waals surface area contributed by atoms with Crippen molar-refractivity contribution in [3.63, 3.8) is 0 Å². The quantitative estimate of drug-likeness (QED) is 0.758. The van der Waals surface area contributed by atoms with Gasteiger partial charge in [0, 0.05) is 24.6 Å². The van der Waals surface area contributed by atoms with E-state index in [0.29, 0.717) is 19.6 Å². The van der Waals surface area contributed by atoms with E-state index in [2.05, 4.69) is 5.32 Å². The molecule has 0 heterocycles. The lowest BCUT2D eigenvalue weighted by atomic mass is 10.3. The summed E-state index contributed by atoms with van der Waals surface area (Å²) in [5.41, 5.74) is 0.949. The van der Waals surface area contributed by atoms with Crippen molar-refractivity contribution in [1.29, 1.82) is 0 Å². The van der Waals surface area contributed by atoms with E-state index in [1.54, 1.807) is 0 Å². The molecule has 0 amide bonds. The van der Waals surface area contributed by atoms with Gasteiger partial charge in [-0.05, 0) is 25.5 Å². The van der Waals surface area contributed by atoms with Gasteiger partial charge in [-0.15, -0.1) is 0 Å². The third-order valence-corrected chi connectivity index (χ3v) is 3.20. The molecular weight excluding hydrogens is 238 g/mol. The van der Waals surface area contributed by atoms with Crippen LogP contribution in [0.2, 0.25) is 0 Å². The molecule has 0 fully saturated rings. The number of benzene rings is 1. The second-order valence-electron chi connectivity index (χ2n) is 3.87. The Morgan fingerprint density at radius 2 is 2.12 bits per heavy atom. The summed E-state index contributed by atoms with van der Waals surface area (Å²) in [7, 11) is -2.86. The summed E-state index contributed by atoms with van der Waals surface area (Å²) in [5.74, 6) is 1.03. The van der Waals surface area contributed by atoms with Crippen molar-refractivity contribution in [1.82, 2.24) is 0 Å². The fourth-order valence-electron chi connectivity index (χ4n) is 1.43. The van der Waals surface area contributed by atoms with E-state index in [0.717, 1.165) is 11.4 Å². The number of rotatable bonds is 7. The Morgan fingerprint density at radius 3 is 2.76 bits per heavy atom. The monoisotopic (exact) mass is 257 g/mol. The average Bonchev–Trinajstić information content (AvgIpc) is 2.24. The summed E-state index contributed by atoms with van der Waals surface area (Å²) < 4.78 is 27.2. The number of nitrogens with one attached hydrogen (secondary N) is 1. The highest BCUT2D eigenvalue weighted by molar-refractivity contribution is 7.90. The lowest BCUT2D eigenvalue weighted by Crippen LogP contribution is -2.09. The maximum absolute atomic E-state index is 10.9. The lowest BCUT2D eigenvalue weighted by Gasteiger charge is -2.08. The molecule has 1 rings (SSSR count). The number of hydrogen-bond donors (Lipinski definition) is 1. The van der Waals surface area contributed by atoms with Crippen LogP contribution in [0.4, 0.5) is 5.69 Å². The molecule has 0 spiro atoms. The van der Waals surface area contributed by atoms with Crippen LogP contribution in [0.15, 0.2) is 24.3 Å². The first-order valence-electron chi connectivity index (χ1n) is 5.66. The fraction of sp³-hybridized carbons (Fsp3) is 0.500. The summed E-state index contributed by atoms with van der Waals surface area (Å²) in [5, 5.41) is 3.17. The van der Waals surface area contributed by atoms with Gasteiger partial charge in [0.05, 0.1) is 12.4 Å². The molecule has 0 aliphatic heterocycles. The Kier molecular flexibility index (Phi) is 5.28. The number of anilines is 1. The molecule has 0 saturated heterocycles. The molecule has 1 aromatic carbocycles. The van der Waals surface area contributed by atoms with Crippen LogP contribution in [-0.4, -0.2) is 33.6 Å². The van der Waals surface area contributed by atoms with Gasteiger partial charge in [0.25, 0.3) is 0 Å². The van der Waals surface area contributed by atoms with Crippen LogP contribution in [0.1, 0.15) is 13.3 Å². The molecule has 17 heavy (non-hydrogen) atoms. The molecule has 0 aromatic heterocycles. The number of sulfone groups is 1. The summed E-state index contributed by atoms with van der Waals surface area (Å²) in [6.45, 7) is 3.21. The molecule has 0 atom stereocenters. The smallest absolute Gasteiger partial charge is 0.147 e. The normalized spacial score (nSPS) is 11.2. The second kappa shape index (κ2) is 6.49. The van der Waals surface area contributed by atoms with Gasteiger partial charge in [0.2, 0.25) is 0 Å². The first kappa shape index (κ1) is 13.8. The van der Waals surface area contributed by atoms with Gasteiger partial charge in [-0.3, -0.25) is 0 Å². The lowest BCUT2D eigenvalue weighted by molar-refractivity contribution is 0.340. The van der Waals surface area contributed by atoms with Crippen LogP contribution in [0.25, 0.3) is 0 Å². The molecule has 0 saturated carbocycles. The largest absolute Gasteiger partial charge is 0.494 e. The van der Waals surface area contributed by atoms with Crippen molar-refractivity contribution in [2.75, 3.05) is 30.5 Å². The van der Waals surface area contributed by atoms with Crippen molar-refractivity contribution >= 4 is 15.5 Å². The molecule has 0 aliphatic carbocycles. The molecule has 0 aliphatic rings. The predicted octanol–water partition coefficient (Wildman–Crippen LogP) is 1.93. The van der Waals surface area contributed by atoms with Crippen molar-refractivity contribution in [2.24, 2.45) is 0 Å². The Morgan fingerprint density at radius 1 is 1.35 bits per heavy atom. The van der Waals surface area contributed by atoms with E-state index in [1.807, 2.05) is 31.2 Å². The van der Waals surface area contributed by atoms with Gasteiger partial charge in [0.1, 0.15) is 15.6 Å². The molecule has 1 N–H and O–H groups in total. The molecule has 0 bridgehead atoms. The zero-order valence-corrected chi connectivity index (χ0v) is 11.1. The minimum Gasteiger partial charge on any atom is -0.494 e. The highest BCUT2D eigenvalue weighted by Gasteiger charge is 2.01. The van der Waals surface area contributed by atoms with Gasteiger partial charge in [-0.1, -0.05) is 6.07 Å². The first-order valence-corrected chi connectivity index (χ1v) is 7.72. The van der Waals surface area contributed by atoms with E-state index in [-0.39, 0.29) is 5.75 Å². The van der Waals surface area contributed by atoms with E-state index in [4.69, 9.17) is 4.74 Å². The fourth-order valence-corrected chi connectivity index (χ4v) is 2.10. The van der Waals surface area contributed by atoms with Crippen LogP contribution in [0.5, 0.6) is 5.75 Å². The second-order valence-corrected chi connectivity index (χ2v) is 6.13. The van der Waals surface area contributed by atoms with E-state index in [9.17, 15) is 8.42 Å². The Labute approximate surface area is 103 Å². The highest BCUT2D eigenvalue weighted by atomic mass is 32.2. The third kappa shape index (κ3) is 6.16. The molecular formula is C12H19NO3S. The van der Waals surface area contributed by atoms with Gasteiger partial charge < -0.3 is 10.1 Å². The van der Waals surface area contributed by atoms with Crippen molar-refractivity contribution in [3.05, 3.63) is 24.3 Å². The minimum atomic E-state index is -2.86. The topological polar surface area (TPSA) is 55.4 Å². The van der Waals surface area contributed by atoms with Crippen LogP contribution >= 0.6 is 0 Å². The van der Waals surface area contributed by atoms with Crippen molar-refractivity contribution < 1.29 is 13.2 Å². The predicted molar refractivity (Wildman–Crippen MR) is 70.4 cm³/mol. The minimum absolute atomic E-state index is 0.213. The molecule has 0 unspecified atom stereocenters. The van der Waals surface area contributed by atoms with Crippen LogP contribution in [-0.2, 0) is 9.84 Å². The summed E-state index contributed by atoms with van der Waals surface area (Å²) in [4.78, 5) is 0. The van der Waals surface area contributed by atoms with Crippen molar-refractivity contribution in [2.45, 2.75) is 13.3 Å². The maximum Gasteiger partial charge on any atom is 0.147 e. The Hall–Kier alpha value is -1.23. The highest BCUT2D eigenvalue weighted by Crippen LogP contribution is 2.17. The van der Waals surface area contributed by atoms with Gasteiger partial charge in [-0.2, -0.15) is 0 Å².